The van der Waals surface area contributed by atoms with E-state index in [4.69, 9.17) is 14.2 Å². The van der Waals surface area contributed by atoms with E-state index in [0.717, 1.165) is 30.5 Å². The number of H-pyrrole nitrogens is 1. The largest absolute Gasteiger partial charge is 0.493 e. The minimum absolute atomic E-state index is 0.181. The second-order valence-corrected chi connectivity index (χ2v) is 5.93. The number of rotatable bonds is 6. The van der Waals surface area contributed by atoms with E-state index in [1.165, 1.54) is 27.4 Å². The number of hydrazone groups is 1. The van der Waals surface area contributed by atoms with Crippen LogP contribution in [0.5, 0.6) is 17.2 Å². The summed E-state index contributed by atoms with van der Waals surface area (Å²) in [5.41, 5.74) is 5.40. The van der Waals surface area contributed by atoms with Crippen LogP contribution in [0.1, 0.15) is 40.7 Å². The molecule has 9 heteroatoms. The highest BCUT2D eigenvalue weighted by Crippen LogP contribution is 2.38. The zero-order valence-corrected chi connectivity index (χ0v) is 15.3. The molecular formula is C18H20N4O5. The normalized spacial score (nSPS) is 12.7. The van der Waals surface area contributed by atoms with Gasteiger partial charge < -0.3 is 14.2 Å². The number of esters is 1. The van der Waals surface area contributed by atoms with Crippen LogP contribution in [0.2, 0.25) is 0 Å². The SMILES string of the molecule is COc1cc(C=NNC(=O)c2n[nH]c3c2CCC3)cc(OC)c1OC(C)=O. The first-order valence-corrected chi connectivity index (χ1v) is 8.37. The van der Waals surface area contributed by atoms with E-state index in [0.29, 0.717) is 22.8 Å². The predicted octanol–water partition coefficient (Wildman–Crippen LogP) is 1.60. The fourth-order valence-electron chi connectivity index (χ4n) is 2.94. The van der Waals surface area contributed by atoms with Crippen molar-refractivity contribution < 1.29 is 23.8 Å². The molecule has 0 saturated carbocycles. The van der Waals surface area contributed by atoms with Gasteiger partial charge in [0.05, 0.1) is 20.4 Å². The van der Waals surface area contributed by atoms with Crippen molar-refractivity contribution >= 4 is 18.1 Å². The van der Waals surface area contributed by atoms with Gasteiger partial charge in [0.1, 0.15) is 0 Å². The topological polar surface area (TPSA) is 115 Å². The third-order valence-electron chi connectivity index (χ3n) is 4.13. The number of fused-ring (bicyclic) bond motifs is 1. The van der Waals surface area contributed by atoms with E-state index in [1.54, 1.807) is 12.1 Å². The Labute approximate surface area is 155 Å². The lowest BCUT2D eigenvalue weighted by Gasteiger charge is -2.13. The molecule has 0 bridgehead atoms. The van der Waals surface area contributed by atoms with Crippen molar-refractivity contribution in [3.8, 4) is 17.2 Å². The van der Waals surface area contributed by atoms with Crippen molar-refractivity contribution in [3.05, 3.63) is 34.6 Å². The van der Waals surface area contributed by atoms with Gasteiger partial charge in [-0.3, -0.25) is 14.7 Å². The summed E-state index contributed by atoms with van der Waals surface area (Å²) in [6.07, 6.45) is 4.20. The molecule has 0 saturated heterocycles. The Bertz CT molecular complexity index is 878. The van der Waals surface area contributed by atoms with Crippen molar-refractivity contribution in [2.24, 2.45) is 5.10 Å². The maximum Gasteiger partial charge on any atom is 0.308 e. The van der Waals surface area contributed by atoms with Crippen LogP contribution >= 0.6 is 0 Å². The second kappa shape index (κ2) is 7.90. The molecule has 142 valence electrons. The summed E-state index contributed by atoms with van der Waals surface area (Å²) in [4.78, 5) is 23.5. The zero-order chi connectivity index (χ0) is 19.4. The molecule has 1 aliphatic rings. The molecule has 2 aromatic rings. The molecule has 0 fully saturated rings. The van der Waals surface area contributed by atoms with Gasteiger partial charge in [-0.2, -0.15) is 10.2 Å². The average Bonchev–Trinajstić information content (AvgIpc) is 3.25. The molecule has 1 amide bonds. The van der Waals surface area contributed by atoms with Crippen molar-refractivity contribution in [2.45, 2.75) is 26.2 Å². The van der Waals surface area contributed by atoms with E-state index < -0.39 is 5.97 Å². The van der Waals surface area contributed by atoms with Crippen LogP contribution in [-0.2, 0) is 17.6 Å². The number of amides is 1. The first kappa shape index (κ1) is 18.4. The molecule has 27 heavy (non-hydrogen) atoms. The highest BCUT2D eigenvalue weighted by Gasteiger charge is 2.22. The molecule has 2 N–H and O–H groups in total. The quantitative estimate of drug-likeness (QED) is 0.344. The van der Waals surface area contributed by atoms with E-state index in [2.05, 4.69) is 20.7 Å². The fourth-order valence-corrected chi connectivity index (χ4v) is 2.94. The summed E-state index contributed by atoms with van der Waals surface area (Å²) in [6.45, 7) is 1.29. The van der Waals surface area contributed by atoms with E-state index in [9.17, 15) is 9.59 Å². The van der Waals surface area contributed by atoms with Gasteiger partial charge in [-0.15, -0.1) is 0 Å². The smallest absolute Gasteiger partial charge is 0.308 e. The van der Waals surface area contributed by atoms with Crippen LogP contribution in [-0.4, -0.2) is 42.5 Å². The van der Waals surface area contributed by atoms with Gasteiger partial charge in [0.25, 0.3) is 5.91 Å². The van der Waals surface area contributed by atoms with Gasteiger partial charge in [0, 0.05) is 23.7 Å². The zero-order valence-electron chi connectivity index (χ0n) is 15.3. The lowest BCUT2D eigenvalue weighted by atomic mass is 10.2. The van der Waals surface area contributed by atoms with Crippen LogP contribution < -0.4 is 19.6 Å². The molecule has 0 spiro atoms. The van der Waals surface area contributed by atoms with Crippen LogP contribution in [0.3, 0.4) is 0 Å². The van der Waals surface area contributed by atoms with Gasteiger partial charge in [-0.25, -0.2) is 5.43 Å². The number of methoxy groups -OCH3 is 2. The lowest BCUT2D eigenvalue weighted by molar-refractivity contribution is -0.132. The minimum Gasteiger partial charge on any atom is -0.493 e. The Morgan fingerprint density at radius 3 is 2.56 bits per heavy atom. The first-order chi connectivity index (χ1) is 13.0. The molecule has 1 heterocycles. The van der Waals surface area contributed by atoms with Crippen LogP contribution in [0.25, 0.3) is 0 Å². The number of benzene rings is 1. The fraction of sp³-hybridized carbons (Fsp3) is 0.333. The Morgan fingerprint density at radius 1 is 1.22 bits per heavy atom. The van der Waals surface area contributed by atoms with E-state index in [1.807, 2.05) is 0 Å². The monoisotopic (exact) mass is 372 g/mol. The number of nitrogens with one attached hydrogen (secondary N) is 2. The Balaban J connectivity index is 1.76. The number of aromatic nitrogens is 2. The molecule has 3 rings (SSSR count). The first-order valence-electron chi connectivity index (χ1n) is 8.37. The van der Waals surface area contributed by atoms with Gasteiger partial charge in [0.2, 0.25) is 5.75 Å². The number of ether oxygens (including phenoxy) is 3. The highest BCUT2D eigenvalue weighted by molar-refractivity contribution is 5.95. The molecule has 0 atom stereocenters. The number of nitrogens with zero attached hydrogens (tertiary/aromatic N) is 2. The number of carbonyl (C=O) groups excluding carboxylic acids is 2. The second-order valence-electron chi connectivity index (χ2n) is 5.93. The van der Waals surface area contributed by atoms with E-state index in [-0.39, 0.29) is 11.7 Å². The van der Waals surface area contributed by atoms with Gasteiger partial charge in [0.15, 0.2) is 17.2 Å². The number of aryl methyl sites for hydroxylation is 1. The molecule has 0 radical (unpaired) electrons. The van der Waals surface area contributed by atoms with Crippen molar-refractivity contribution in [2.75, 3.05) is 14.2 Å². The summed E-state index contributed by atoms with van der Waals surface area (Å²) >= 11 is 0. The Morgan fingerprint density at radius 2 is 1.93 bits per heavy atom. The number of hydrogen-bond acceptors (Lipinski definition) is 7. The minimum atomic E-state index is -0.494. The molecule has 9 nitrogen and oxygen atoms in total. The third-order valence-corrected chi connectivity index (χ3v) is 4.13. The third kappa shape index (κ3) is 3.91. The summed E-state index contributed by atoms with van der Waals surface area (Å²) < 4.78 is 15.6. The molecule has 0 aliphatic heterocycles. The lowest BCUT2D eigenvalue weighted by Crippen LogP contribution is -2.19. The number of carbonyl (C=O) groups is 2. The maximum atomic E-state index is 12.3. The van der Waals surface area contributed by atoms with Crippen LogP contribution in [0.15, 0.2) is 17.2 Å². The average molecular weight is 372 g/mol. The summed E-state index contributed by atoms with van der Waals surface area (Å²) in [5, 5.41) is 10.9. The Hall–Kier alpha value is -3.36. The summed E-state index contributed by atoms with van der Waals surface area (Å²) in [7, 11) is 2.89. The molecule has 1 aliphatic carbocycles. The molecule has 1 aromatic heterocycles. The van der Waals surface area contributed by atoms with Gasteiger partial charge in [-0.1, -0.05) is 0 Å². The van der Waals surface area contributed by atoms with Crippen LogP contribution in [0, 0.1) is 0 Å². The van der Waals surface area contributed by atoms with Crippen molar-refractivity contribution in [1.82, 2.24) is 15.6 Å². The van der Waals surface area contributed by atoms with Crippen LogP contribution in [0.4, 0.5) is 0 Å². The maximum absolute atomic E-state index is 12.3. The van der Waals surface area contributed by atoms with E-state index >= 15 is 0 Å². The molecule has 1 aromatic carbocycles. The Kier molecular flexibility index (Phi) is 5.39. The predicted molar refractivity (Wildman–Crippen MR) is 96.5 cm³/mol. The number of hydrogen-bond donors (Lipinski definition) is 2. The van der Waals surface area contributed by atoms with Gasteiger partial charge in [-0.05, 0) is 31.4 Å². The highest BCUT2D eigenvalue weighted by atomic mass is 16.6. The van der Waals surface area contributed by atoms with Gasteiger partial charge >= 0.3 is 5.97 Å². The molecule has 0 unspecified atom stereocenters. The molecular weight excluding hydrogens is 352 g/mol. The van der Waals surface area contributed by atoms with Crippen molar-refractivity contribution in [3.63, 3.8) is 0 Å². The summed E-state index contributed by atoms with van der Waals surface area (Å²) in [5.74, 6) is -0.0707. The summed E-state index contributed by atoms with van der Waals surface area (Å²) in [6, 6.07) is 3.23. The van der Waals surface area contributed by atoms with Crippen molar-refractivity contribution in [1.29, 1.82) is 0 Å². The standard InChI is InChI=1S/C18H20N4O5/c1-10(23)27-17-14(25-2)7-11(8-15(17)26-3)9-19-22-18(24)16-12-5-4-6-13(12)20-21-16/h7-9H,4-6H2,1-3H3,(H,20,21)(H,22,24). The number of aromatic amines is 1.